The third kappa shape index (κ3) is 8.01. The number of carboxylic acid groups (broad SMARTS) is 1. The maximum absolute atomic E-state index is 12.5. The van der Waals surface area contributed by atoms with Crippen LogP contribution >= 0.6 is 0 Å². The highest BCUT2D eigenvalue weighted by atomic mass is 16.8. The highest BCUT2D eigenvalue weighted by Crippen LogP contribution is 2.76. The van der Waals surface area contributed by atoms with Crippen molar-refractivity contribution in [2.24, 2.45) is 50.2 Å². The Hall–Kier alpha value is -1.47. The molecule has 0 amide bonds. The Morgan fingerprint density at radius 1 is 0.657 bits per heavy atom. The molecule has 3 heterocycles. The Bertz CT molecular complexity index is 1840. The maximum atomic E-state index is 12.5. The number of carboxylic acids is 1. The fourth-order valence-electron chi connectivity index (χ4n) is 15.1. The van der Waals surface area contributed by atoms with Crippen LogP contribution in [0.3, 0.4) is 0 Å². The van der Waals surface area contributed by atoms with Crippen LogP contribution in [0.5, 0.6) is 0 Å². The number of carbonyl (C=O) groups is 1. The molecule has 0 unspecified atom stereocenters. The third-order valence-corrected chi connectivity index (χ3v) is 19.8. The van der Waals surface area contributed by atoms with Crippen molar-refractivity contribution in [1.82, 2.24) is 0 Å². The van der Waals surface area contributed by atoms with E-state index in [0.717, 1.165) is 32.1 Å². The van der Waals surface area contributed by atoms with Gasteiger partial charge in [-0.05, 0) is 104 Å². The summed E-state index contributed by atoms with van der Waals surface area (Å²) in [7, 11) is 0. The largest absolute Gasteiger partial charge is 0.479 e. The van der Waals surface area contributed by atoms with Gasteiger partial charge >= 0.3 is 5.97 Å². The van der Waals surface area contributed by atoms with Crippen LogP contribution in [0, 0.1) is 50.2 Å². The van der Waals surface area contributed by atoms with Gasteiger partial charge in [0.1, 0.15) is 61.0 Å². The lowest BCUT2D eigenvalue weighted by atomic mass is 9.33. The van der Waals surface area contributed by atoms with Crippen LogP contribution in [0.15, 0.2) is 11.6 Å². The molecule has 67 heavy (non-hydrogen) atoms. The number of aliphatic hydroxyl groups excluding tert-OH is 11. The SMILES string of the molecule is C[C@@H]1O[C@@H](O[C@H]2[C@H](O[C@H]3[C@H](O[C@H]4CC[C@@]5(C)[C@@H](CC[C@]6(C)[C@@H]5CC=C5[C@@H]7C[C@](C)(CO)CC[C@]7(C)[C@@H](O)C[C@]56C)[C@@]4(C)CO)O[C@H](C(=O)O)[C@@H](O)[C@@H]3O)O[C@H](CO)[C@H](O)[C@@H]2O)[C@H](O)[C@H](O)[C@H]1O. The summed E-state index contributed by atoms with van der Waals surface area (Å²) in [6.45, 7) is 13.6. The lowest BCUT2D eigenvalue weighted by Crippen LogP contribution is -2.68. The van der Waals surface area contributed by atoms with Gasteiger partial charge in [-0.1, -0.05) is 53.2 Å². The topological polar surface area (TPSA) is 315 Å². The van der Waals surface area contributed by atoms with Crippen molar-refractivity contribution < 1.29 is 94.5 Å². The van der Waals surface area contributed by atoms with Crippen LogP contribution in [-0.4, -0.2) is 191 Å². The number of hydrogen-bond acceptors (Lipinski definition) is 18. The average molecular weight is 959 g/mol. The molecule has 0 spiro atoms. The summed E-state index contributed by atoms with van der Waals surface area (Å²) in [5.41, 5.74) is -1.03. The van der Waals surface area contributed by atoms with E-state index >= 15 is 0 Å². The van der Waals surface area contributed by atoms with E-state index in [1.807, 2.05) is 6.92 Å². The van der Waals surface area contributed by atoms with Gasteiger partial charge in [-0.2, -0.15) is 0 Å². The van der Waals surface area contributed by atoms with Crippen molar-refractivity contribution in [1.29, 1.82) is 0 Å². The zero-order chi connectivity index (χ0) is 49.1. The van der Waals surface area contributed by atoms with Gasteiger partial charge in [0.15, 0.2) is 25.0 Å². The molecule has 384 valence electrons. The predicted molar refractivity (Wildman–Crippen MR) is 232 cm³/mol. The van der Waals surface area contributed by atoms with Gasteiger partial charge in [-0.25, -0.2) is 4.79 Å². The van der Waals surface area contributed by atoms with Gasteiger partial charge in [0.05, 0.1) is 31.5 Å². The van der Waals surface area contributed by atoms with Crippen LogP contribution in [-0.2, 0) is 33.2 Å². The summed E-state index contributed by atoms with van der Waals surface area (Å²) in [4.78, 5) is 12.5. The molecule has 0 aromatic heterocycles. The van der Waals surface area contributed by atoms with Crippen LogP contribution in [0.25, 0.3) is 0 Å². The summed E-state index contributed by atoms with van der Waals surface area (Å²) in [5.74, 6) is -1.49. The van der Waals surface area contributed by atoms with E-state index in [1.54, 1.807) is 0 Å². The van der Waals surface area contributed by atoms with Crippen LogP contribution in [0.4, 0.5) is 0 Å². The van der Waals surface area contributed by atoms with E-state index < -0.39 is 122 Å². The highest BCUT2D eigenvalue weighted by Gasteiger charge is 2.70. The molecule has 0 bridgehead atoms. The second kappa shape index (κ2) is 18.2. The minimum Gasteiger partial charge on any atom is -0.479 e. The van der Waals surface area contributed by atoms with Gasteiger partial charge < -0.3 is 89.7 Å². The molecular formula is C48H78O19. The molecular weight excluding hydrogens is 881 g/mol. The summed E-state index contributed by atoms with van der Waals surface area (Å²) < 4.78 is 36.1. The Balaban J connectivity index is 1.08. The minimum absolute atomic E-state index is 0.0940. The first-order valence-electron chi connectivity index (χ1n) is 24.4. The maximum Gasteiger partial charge on any atom is 0.335 e. The summed E-state index contributed by atoms with van der Waals surface area (Å²) in [6, 6.07) is 0. The molecule has 0 aromatic carbocycles. The van der Waals surface area contributed by atoms with Crippen molar-refractivity contribution >= 4 is 5.97 Å². The van der Waals surface area contributed by atoms with Crippen molar-refractivity contribution in [3.63, 3.8) is 0 Å². The molecule has 19 nitrogen and oxygen atoms in total. The van der Waals surface area contributed by atoms with Gasteiger partial charge in [-0.3, -0.25) is 0 Å². The van der Waals surface area contributed by atoms with E-state index in [-0.39, 0.29) is 58.0 Å². The number of rotatable bonds is 10. The Kier molecular flexibility index (Phi) is 14.1. The molecule has 3 saturated heterocycles. The number of allylic oxidation sites excluding steroid dienone is 2. The molecule has 12 N–H and O–H groups in total. The number of fused-ring (bicyclic) bond motifs is 7. The van der Waals surface area contributed by atoms with Crippen molar-refractivity contribution in [3.05, 3.63) is 11.6 Å². The molecule has 0 radical (unpaired) electrons. The molecule has 0 aromatic rings. The Morgan fingerprint density at radius 3 is 1.93 bits per heavy atom. The lowest BCUT2D eigenvalue weighted by molar-refractivity contribution is -0.396. The summed E-state index contributed by atoms with van der Waals surface area (Å²) in [5, 5.41) is 131. The number of ether oxygens (including phenoxy) is 6. The normalized spacial score (nSPS) is 56.7. The summed E-state index contributed by atoms with van der Waals surface area (Å²) in [6.07, 6.45) is -19.0. The molecule has 8 aliphatic rings. The first-order valence-corrected chi connectivity index (χ1v) is 24.4. The van der Waals surface area contributed by atoms with E-state index in [1.165, 1.54) is 12.5 Å². The first kappa shape index (κ1) is 51.9. The number of hydrogen-bond donors (Lipinski definition) is 12. The van der Waals surface area contributed by atoms with E-state index in [9.17, 15) is 66.1 Å². The highest BCUT2D eigenvalue weighted by molar-refractivity contribution is 5.73. The van der Waals surface area contributed by atoms with Crippen molar-refractivity contribution in [2.45, 2.75) is 211 Å². The summed E-state index contributed by atoms with van der Waals surface area (Å²) >= 11 is 0. The molecule has 5 aliphatic carbocycles. The third-order valence-electron chi connectivity index (χ3n) is 19.8. The zero-order valence-corrected chi connectivity index (χ0v) is 39.8. The molecule has 26 atom stereocenters. The fraction of sp³-hybridized carbons (Fsp3) is 0.938. The van der Waals surface area contributed by atoms with Gasteiger partial charge in [0.25, 0.3) is 0 Å². The smallest absolute Gasteiger partial charge is 0.335 e. The second-order valence-corrected chi connectivity index (χ2v) is 23.4. The number of aliphatic hydroxyl groups is 11. The van der Waals surface area contributed by atoms with Crippen LogP contribution < -0.4 is 0 Å². The van der Waals surface area contributed by atoms with Gasteiger partial charge in [0.2, 0.25) is 0 Å². The van der Waals surface area contributed by atoms with Gasteiger partial charge in [-0.15, -0.1) is 0 Å². The van der Waals surface area contributed by atoms with Gasteiger partial charge in [0, 0.05) is 17.4 Å². The predicted octanol–water partition coefficient (Wildman–Crippen LogP) is -0.323. The molecule has 7 fully saturated rings. The van der Waals surface area contributed by atoms with Crippen LogP contribution in [0.1, 0.15) is 106 Å². The minimum atomic E-state index is -2.09. The monoisotopic (exact) mass is 959 g/mol. The Labute approximate surface area is 392 Å². The second-order valence-electron chi connectivity index (χ2n) is 23.4. The first-order chi connectivity index (χ1) is 31.3. The molecule has 8 rings (SSSR count). The fourth-order valence-corrected chi connectivity index (χ4v) is 15.1. The number of aliphatic carboxylic acids is 1. The lowest BCUT2D eigenvalue weighted by Gasteiger charge is -2.72. The zero-order valence-electron chi connectivity index (χ0n) is 39.8. The van der Waals surface area contributed by atoms with E-state index in [4.69, 9.17) is 28.4 Å². The average Bonchev–Trinajstić information content (AvgIpc) is 3.28. The van der Waals surface area contributed by atoms with E-state index in [0.29, 0.717) is 25.7 Å². The van der Waals surface area contributed by atoms with Crippen LogP contribution in [0.2, 0.25) is 0 Å². The Morgan fingerprint density at radius 2 is 1.30 bits per heavy atom. The molecule has 19 heteroatoms. The van der Waals surface area contributed by atoms with Crippen molar-refractivity contribution in [3.8, 4) is 0 Å². The quantitative estimate of drug-likeness (QED) is 0.0986. The standard InChI is InChI=1S/C48H78O19/c1-21-29(53)31(55)35(59)40(62-21)66-37-32(56)30(54)24(18-49)63-41(37)67-38-34(58)33(57)36(39(60)61)65-42(38)64-28-11-12-45(4)25(46(28,5)20-51)10-13-47(6)26(45)9-8-22-23-16-43(2,19-50)14-15-44(23,3)27(52)17-48(22,47)7/h8,21,23-38,40-42,49-59H,9-20H2,1-7H3,(H,60,61)/t21-,23-,24+,25+,26+,27-,28-,29-,30-,31+,32-,33-,34-,35+,36-,37+,38+,40-,41-,42+,43+,44-,45-,46+,47+,48+/m0/s1. The van der Waals surface area contributed by atoms with E-state index in [2.05, 4.69) is 40.7 Å². The van der Waals surface area contributed by atoms with Crippen molar-refractivity contribution in [2.75, 3.05) is 19.8 Å². The molecule has 3 aliphatic heterocycles. The molecule has 4 saturated carbocycles.